The Labute approximate surface area is 84.2 Å². The highest BCUT2D eigenvalue weighted by atomic mass is 79.9. The maximum atomic E-state index is 11.6. The van der Waals surface area contributed by atoms with Gasteiger partial charge in [-0.25, -0.2) is 0 Å². The van der Waals surface area contributed by atoms with Crippen LogP contribution in [0.25, 0.3) is 0 Å². The normalized spacial score (nSPS) is 26.0. The largest absolute Gasteiger partial charge is 0.446 e. The van der Waals surface area contributed by atoms with Crippen molar-refractivity contribution < 1.29 is 13.9 Å². The average molecular weight is 245 g/mol. The Morgan fingerprint density at radius 1 is 1.69 bits per heavy atom. The summed E-state index contributed by atoms with van der Waals surface area (Å²) in [6.07, 6.45) is 0.907. The van der Waals surface area contributed by atoms with Crippen LogP contribution in [-0.2, 0) is 4.74 Å². The van der Waals surface area contributed by atoms with Crippen LogP contribution in [0, 0.1) is 5.92 Å². The van der Waals surface area contributed by atoms with Crippen molar-refractivity contribution in [3.05, 3.63) is 22.6 Å². The van der Waals surface area contributed by atoms with Gasteiger partial charge in [-0.2, -0.15) is 0 Å². The van der Waals surface area contributed by atoms with Gasteiger partial charge in [0.1, 0.15) is 0 Å². The molecule has 0 radical (unpaired) electrons. The van der Waals surface area contributed by atoms with E-state index in [4.69, 9.17) is 9.15 Å². The number of carbonyl (C=O) groups excluding carboxylic acids is 1. The maximum absolute atomic E-state index is 11.6. The second kappa shape index (κ2) is 3.27. The molecule has 3 nitrogen and oxygen atoms in total. The fraction of sp³-hybridized carbons (Fsp3) is 0.444. The second-order valence-electron chi connectivity index (χ2n) is 3.08. The lowest BCUT2D eigenvalue weighted by molar-refractivity contribution is 0.0890. The molecule has 4 heteroatoms. The van der Waals surface area contributed by atoms with Crippen LogP contribution >= 0.6 is 15.9 Å². The van der Waals surface area contributed by atoms with E-state index in [1.807, 2.05) is 0 Å². The first-order chi connectivity index (χ1) is 6.22. The van der Waals surface area contributed by atoms with Gasteiger partial charge in [0.2, 0.25) is 5.78 Å². The standard InChI is InChI=1S/C9H9BrO3/c1-12-7-4-5(7)9(11)6-2-3-8(10)13-6/h2-3,5,7H,4H2,1H3. The van der Waals surface area contributed by atoms with Crippen molar-refractivity contribution in [2.24, 2.45) is 5.92 Å². The van der Waals surface area contributed by atoms with E-state index in [0.29, 0.717) is 10.4 Å². The number of furan rings is 1. The molecule has 1 fully saturated rings. The van der Waals surface area contributed by atoms with Crippen molar-refractivity contribution in [1.29, 1.82) is 0 Å². The van der Waals surface area contributed by atoms with Gasteiger partial charge in [0, 0.05) is 7.11 Å². The van der Waals surface area contributed by atoms with Gasteiger partial charge in [0.15, 0.2) is 10.4 Å². The molecule has 1 aromatic heterocycles. The van der Waals surface area contributed by atoms with Crippen molar-refractivity contribution in [3.63, 3.8) is 0 Å². The van der Waals surface area contributed by atoms with E-state index in [1.54, 1.807) is 19.2 Å². The Kier molecular flexibility index (Phi) is 2.26. The molecule has 1 aromatic rings. The lowest BCUT2D eigenvalue weighted by atomic mass is 10.2. The number of rotatable bonds is 3. The third-order valence-corrected chi connectivity index (χ3v) is 2.61. The van der Waals surface area contributed by atoms with Crippen LogP contribution in [0.3, 0.4) is 0 Å². The van der Waals surface area contributed by atoms with Gasteiger partial charge in [-0.05, 0) is 34.5 Å². The predicted molar refractivity (Wildman–Crippen MR) is 49.6 cm³/mol. The Balaban J connectivity index is 2.07. The minimum Gasteiger partial charge on any atom is -0.446 e. The lowest BCUT2D eigenvalue weighted by Crippen LogP contribution is -2.04. The van der Waals surface area contributed by atoms with Crippen LogP contribution in [0.5, 0.6) is 0 Å². The zero-order valence-electron chi connectivity index (χ0n) is 7.12. The Bertz CT molecular complexity index is 331. The fourth-order valence-corrected chi connectivity index (χ4v) is 1.64. The van der Waals surface area contributed by atoms with E-state index in [1.165, 1.54) is 0 Å². The molecule has 0 amide bonds. The summed E-state index contributed by atoms with van der Waals surface area (Å²) in [5.74, 6) is 0.456. The number of carbonyl (C=O) groups is 1. The predicted octanol–water partition coefficient (Wildman–Crippen LogP) is 2.26. The SMILES string of the molecule is COC1CC1C(=O)c1ccc(Br)o1. The molecule has 0 bridgehead atoms. The monoisotopic (exact) mass is 244 g/mol. The molecule has 70 valence electrons. The molecule has 0 spiro atoms. The highest BCUT2D eigenvalue weighted by Gasteiger charge is 2.44. The summed E-state index contributed by atoms with van der Waals surface area (Å²) in [4.78, 5) is 11.6. The highest BCUT2D eigenvalue weighted by molar-refractivity contribution is 9.10. The first-order valence-electron chi connectivity index (χ1n) is 4.04. The van der Waals surface area contributed by atoms with Crippen LogP contribution in [0.2, 0.25) is 0 Å². The summed E-state index contributed by atoms with van der Waals surface area (Å²) in [6.45, 7) is 0. The van der Waals surface area contributed by atoms with E-state index >= 15 is 0 Å². The first kappa shape index (κ1) is 8.97. The van der Waals surface area contributed by atoms with Crippen LogP contribution in [0.15, 0.2) is 21.2 Å². The van der Waals surface area contributed by atoms with Crippen LogP contribution in [0.4, 0.5) is 0 Å². The number of halogens is 1. The summed E-state index contributed by atoms with van der Waals surface area (Å²) >= 11 is 3.15. The number of ketones is 1. The number of ether oxygens (including phenoxy) is 1. The maximum Gasteiger partial charge on any atom is 0.203 e. The summed E-state index contributed by atoms with van der Waals surface area (Å²) in [5, 5.41) is 0. The van der Waals surface area contributed by atoms with Crippen LogP contribution in [0.1, 0.15) is 17.0 Å². The molecule has 2 rings (SSSR count). The summed E-state index contributed by atoms with van der Waals surface area (Å²) in [7, 11) is 1.62. The van der Waals surface area contributed by atoms with E-state index in [-0.39, 0.29) is 17.8 Å². The van der Waals surface area contributed by atoms with Crippen LogP contribution < -0.4 is 0 Å². The van der Waals surface area contributed by atoms with Crippen molar-refractivity contribution in [1.82, 2.24) is 0 Å². The zero-order chi connectivity index (χ0) is 9.42. The van der Waals surface area contributed by atoms with Crippen molar-refractivity contribution in [2.45, 2.75) is 12.5 Å². The molecule has 1 heterocycles. The van der Waals surface area contributed by atoms with Gasteiger partial charge in [-0.15, -0.1) is 0 Å². The summed E-state index contributed by atoms with van der Waals surface area (Å²) < 4.78 is 10.8. The van der Waals surface area contributed by atoms with Gasteiger partial charge in [0.25, 0.3) is 0 Å². The van der Waals surface area contributed by atoms with Gasteiger partial charge in [-0.1, -0.05) is 0 Å². The van der Waals surface area contributed by atoms with Crippen LogP contribution in [-0.4, -0.2) is 19.0 Å². The fourth-order valence-electron chi connectivity index (χ4n) is 1.34. The molecule has 1 saturated carbocycles. The second-order valence-corrected chi connectivity index (χ2v) is 3.87. The van der Waals surface area contributed by atoms with E-state index in [2.05, 4.69) is 15.9 Å². The molecule has 0 aliphatic heterocycles. The molecule has 2 unspecified atom stereocenters. The van der Waals surface area contributed by atoms with Gasteiger partial charge < -0.3 is 9.15 Å². The first-order valence-corrected chi connectivity index (χ1v) is 4.84. The molecule has 2 atom stereocenters. The number of Topliss-reactive ketones (excluding diaryl/α,β-unsaturated/α-hetero) is 1. The van der Waals surface area contributed by atoms with E-state index in [0.717, 1.165) is 6.42 Å². The number of hydrogen-bond acceptors (Lipinski definition) is 3. The van der Waals surface area contributed by atoms with Gasteiger partial charge in [0.05, 0.1) is 12.0 Å². The average Bonchev–Trinajstić information content (AvgIpc) is 2.80. The molecule has 13 heavy (non-hydrogen) atoms. The summed E-state index contributed by atoms with van der Waals surface area (Å²) in [5.41, 5.74) is 0. The molecule has 1 aliphatic carbocycles. The van der Waals surface area contributed by atoms with Crippen molar-refractivity contribution >= 4 is 21.7 Å². The minimum absolute atomic E-state index is 0.00282. The molecular weight excluding hydrogens is 236 g/mol. The molecule has 0 N–H and O–H groups in total. The smallest absolute Gasteiger partial charge is 0.203 e. The molecule has 0 saturated heterocycles. The minimum atomic E-state index is 0.00282. The molecular formula is C9H9BrO3. The third kappa shape index (κ3) is 1.69. The lowest BCUT2D eigenvalue weighted by Gasteiger charge is -1.94. The quantitative estimate of drug-likeness (QED) is 0.766. The van der Waals surface area contributed by atoms with Gasteiger partial charge in [-0.3, -0.25) is 4.79 Å². The molecule has 1 aliphatic rings. The zero-order valence-corrected chi connectivity index (χ0v) is 8.71. The van der Waals surface area contributed by atoms with E-state index in [9.17, 15) is 4.79 Å². The topological polar surface area (TPSA) is 39.4 Å². The van der Waals surface area contributed by atoms with Crippen molar-refractivity contribution in [2.75, 3.05) is 7.11 Å². The summed E-state index contributed by atoms with van der Waals surface area (Å²) in [6, 6.07) is 3.40. The Morgan fingerprint density at radius 3 is 2.92 bits per heavy atom. The van der Waals surface area contributed by atoms with E-state index < -0.39 is 0 Å². The van der Waals surface area contributed by atoms with Gasteiger partial charge >= 0.3 is 0 Å². The number of methoxy groups -OCH3 is 1. The highest BCUT2D eigenvalue weighted by Crippen LogP contribution is 2.36. The Morgan fingerprint density at radius 2 is 2.46 bits per heavy atom. The number of hydrogen-bond donors (Lipinski definition) is 0. The van der Waals surface area contributed by atoms with Crippen molar-refractivity contribution in [3.8, 4) is 0 Å². The third-order valence-electron chi connectivity index (χ3n) is 2.19. The Hall–Kier alpha value is -0.610. The molecule has 0 aromatic carbocycles.